The molecule has 0 bridgehead atoms. The molecule has 0 atom stereocenters. The topological polar surface area (TPSA) is 20.3 Å². The lowest BCUT2D eigenvalue weighted by atomic mass is 9.98. The molecule has 1 fully saturated rings. The average molecular weight is 342 g/mol. The highest BCUT2D eigenvalue weighted by atomic mass is 32.1. The van der Waals surface area contributed by atoms with Gasteiger partial charge in [0.2, 0.25) is 5.91 Å². The first kappa shape index (κ1) is 17.2. The lowest BCUT2D eigenvalue weighted by molar-refractivity contribution is -0.123. The van der Waals surface area contributed by atoms with E-state index in [9.17, 15) is 4.79 Å². The minimum Gasteiger partial charge on any atom is -0.309 e. The number of carbonyl (C=O) groups is 1. The summed E-state index contributed by atoms with van der Waals surface area (Å²) in [6.07, 6.45) is 7.06. The van der Waals surface area contributed by atoms with Crippen LogP contribution in [-0.2, 0) is 4.79 Å². The summed E-state index contributed by atoms with van der Waals surface area (Å²) in [5, 5.41) is 2.14. The summed E-state index contributed by atoms with van der Waals surface area (Å²) in [6.45, 7) is 4.24. The zero-order valence-electron chi connectivity index (χ0n) is 14.7. The van der Waals surface area contributed by atoms with Crippen LogP contribution in [0.1, 0.15) is 52.4 Å². The molecule has 24 heavy (non-hydrogen) atoms. The summed E-state index contributed by atoms with van der Waals surface area (Å²) in [5.41, 5.74) is 2.28. The molecule has 1 saturated carbocycles. The number of carbonyl (C=O) groups excluding carboxylic acids is 1. The summed E-state index contributed by atoms with van der Waals surface area (Å²) in [6, 6.07) is 12.8. The number of hydrogen-bond acceptors (Lipinski definition) is 2. The van der Waals surface area contributed by atoms with Crippen molar-refractivity contribution in [1.29, 1.82) is 0 Å². The molecule has 0 saturated heterocycles. The Hall–Kier alpha value is -1.61. The van der Waals surface area contributed by atoms with E-state index < -0.39 is 0 Å². The van der Waals surface area contributed by atoms with Crippen LogP contribution < -0.4 is 4.90 Å². The van der Waals surface area contributed by atoms with E-state index in [1.807, 2.05) is 11.0 Å². The van der Waals surface area contributed by atoms with Crippen LogP contribution in [0.4, 0.5) is 5.69 Å². The van der Waals surface area contributed by atoms with E-state index in [-0.39, 0.29) is 12.0 Å². The first-order chi connectivity index (χ1) is 11.7. The Morgan fingerprint density at radius 2 is 1.75 bits per heavy atom. The molecule has 3 heteroatoms. The van der Waals surface area contributed by atoms with Gasteiger partial charge in [-0.25, -0.2) is 0 Å². The quantitative estimate of drug-likeness (QED) is 0.613. The smallest absolute Gasteiger partial charge is 0.230 e. The van der Waals surface area contributed by atoms with Crippen LogP contribution in [0, 0.1) is 5.92 Å². The van der Waals surface area contributed by atoms with Crippen LogP contribution in [0.25, 0.3) is 10.4 Å². The molecule has 1 heterocycles. The third kappa shape index (κ3) is 3.89. The Morgan fingerprint density at radius 1 is 1.08 bits per heavy atom. The second kappa shape index (κ2) is 7.98. The fourth-order valence-corrected chi connectivity index (χ4v) is 4.50. The van der Waals surface area contributed by atoms with E-state index in [0.717, 1.165) is 18.5 Å². The van der Waals surface area contributed by atoms with Gasteiger partial charge in [-0.2, -0.15) is 0 Å². The Balaban J connectivity index is 1.83. The summed E-state index contributed by atoms with van der Waals surface area (Å²) in [7, 11) is 0. The molecule has 3 rings (SSSR count). The van der Waals surface area contributed by atoms with Crippen molar-refractivity contribution in [3.8, 4) is 10.4 Å². The first-order valence-corrected chi connectivity index (χ1v) is 10.0. The van der Waals surface area contributed by atoms with Gasteiger partial charge in [-0.3, -0.25) is 4.79 Å². The lowest BCUT2D eigenvalue weighted by Gasteiger charge is -2.29. The van der Waals surface area contributed by atoms with E-state index >= 15 is 0 Å². The molecular weight excluding hydrogens is 314 g/mol. The van der Waals surface area contributed by atoms with E-state index in [1.165, 1.54) is 36.1 Å². The van der Waals surface area contributed by atoms with E-state index in [4.69, 9.17) is 0 Å². The normalized spacial score (nSPS) is 16.1. The summed E-state index contributed by atoms with van der Waals surface area (Å²) in [4.78, 5) is 16.4. The second-order valence-corrected chi connectivity index (χ2v) is 7.94. The van der Waals surface area contributed by atoms with Gasteiger partial charge in [0.05, 0.1) is 5.69 Å². The SMILES string of the molecule is CC(C)N(C(=O)C1CCCCCC1)c1csc(-c2ccccc2)c1. The Labute approximate surface area is 149 Å². The molecular formula is C21H27NOS. The molecule has 0 radical (unpaired) electrons. The highest BCUT2D eigenvalue weighted by Crippen LogP contribution is 2.34. The van der Waals surface area contributed by atoms with Crippen LogP contribution in [0.2, 0.25) is 0 Å². The van der Waals surface area contributed by atoms with Crippen molar-refractivity contribution in [3.63, 3.8) is 0 Å². The van der Waals surface area contributed by atoms with Gasteiger partial charge in [-0.15, -0.1) is 11.3 Å². The molecule has 0 N–H and O–H groups in total. The van der Waals surface area contributed by atoms with Crippen molar-refractivity contribution in [2.45, 2.75) is 58.4 Å². The van der Waals surface area contributed by atoms with Crippen LogP contribution in [0.5, 0.6) is 0 Å². The number of amides is 1. The highest BCUT2D eigenvalue weighted by molar-refractivity contribution is 7.14. The molecule has 0 aliphatic heterocycles. The molecule has 1 aromatic heterocycles. The molecule has 0 unspecified atom stereocenters. The second-order valence-electron chi connectivity index (χ2n) is 7.03. The van der Waals surface area contributed by atoms with Gasteiger partial charge in [0, 0.05) is 22.2 Å². The maximum absolute atomic E-state index is 13.2. The van der Waals surface area contributed by atoms with Gasteiger partial charge in [-0.1, -0.05) is 56.0 Å². The van der Waals surface area contributed by atoms with Gasteiger partial charge in [-0.05, 0) is 38.3 Å². The maximum Gasteiger partial charge on any atom is 0.230 e. The van der Waals surface area contributed by atoms with E-state index in [0.29, 0.717) is 5.91 Å². The third-order valence-corrected chi connectivity index (χ3v) is 5.85. The molecule has 128 valence electrons. The summed E-state index contributed by atoms with van der Waals surface area (Å²) >= 11 is 1.72. The largest absolute Gasteiger partial charge is 0.309 e. The Kier molecular flexibility index (Phi) is 5.72. The molecule has 1 aliphatic carbocycles. The Morgan fingerprint density at radius 3 is 2.38 bits per heavy atom. The van der Waals surface area contributed by atoms with E-state index in [2.05, 4.69) is 49.6 Å². The Bertz CT molecular complexity index is 653. The average Bonchev–Trinajstić information content (AvgIpc) is 2.90. The van der Waals surface area contributed by atoms with Crippen molar-refractivity contribution in [1.82, 2.24) is 0 Å². The molecule has 1 aliphatic rings. The van der Waals surface area contributed by atoms with Crippen LogP contribution in [0.3, 0.4) is 0 Å². The molecule has 2 aromatic rings. The van der Waals surface area contributed by atoms with Gasteiger partial charge < -0.3 is 4.90 Å². The van der Waals surface area contributed by atoms with Crippen molar-refractivity contribution >= 4 is 22.9 Å². The monoisotopic (exact) mass is 341 g/mol. The first-order valence-electron chi connectivity index (χ1n) is 9.14. The number of nitrogens with zero attached hydrogens (tertiary/aromatic N) is 1. The predicted octanol–water partition coefficient (Wildman–Crippen LogP) is 6.13. The fourth-order valence-electron chi connectivity index (χ4n) is 3.61. The van der Waals surface area contributed by atoms with Gasteiger partial charge in [0.25, 0.3) is 0 Å². The van der Waals surface area contributed by atoms with Crippen molar-refractivity contribution < 1.29 is 4.79 Å². The fraction of sp³-hybridized carbons (Fsp3) is 0.476. The van der Waals surface area contributed by atoms with Crippen molar-refractivity contribution in [2.24, 2.45) is 5.92 Å². The minimum atomic E-state index is 0.193. The van der Waals surface area contributed by atoms with E-state index in [1.54, 1.807) is 11.3 Å². The van der Waals surface area contributed by atoms with Crippen molar-refractivity contribution in [3.05, 3.63) is 41.8 Å². The minimum absolute atomic E-state index is 0.193. The van der Waals surface area contributed by atoms with Crippen LogP contribution in [-0.4, -0.2) is 11.9 Å². The summed E-state index contributed by atoms with van der Waals surface area (Å²) in [5.74, 6) is 0.527. The molecule has 1 aromatic carbocycles. The van der Waals surface area contributed by atoms with Crippen LogP contribution in [0.15, 0.2) is 41.8 Å². The van der Waals surface area contributed by atoms with Crippen molar-refractivity contribution in [2.75, 3.05) is 4.90 Å². The zero-order chi connectivity index (χ0) is 16.9. The summed E-state index contributed by atoms with van der Waals surface area (Å²) < 4.78 is 0. The number of rotatable bonds is 4. The lowest BCUT2D eigenvalue weighted by Crippen LogP contribution is -2.40. The molecule has 0 spiro atoms. The van der Waals surface area contributed by atoms with Gasteiger partial charge >= 0.3 is 0 Å². The number of anilines is 1. The van der Waals surface area contributed by atoms with Gasteiger partial charge in [0.15, 0.2) is 0 Å². The predicted molar refractivity (Wildman–Crippen MR) is 104 cm³/mol. The number of benzene rings is 1. The number of hydrogen-bond donors (Lipinski definition) is 0. The maximum atomic E-state index is 13.2. The standard InChI is InChI=1S/C21H27NOS/c1-16(2)22(21(23)18-12-6-3-4-7-13-18)19-14-20(24-15-19)17-10-8-5-9-11-17/h5,8-11,14-16,18H,3-4,6-7,12-13H2,1-2H3. The third-order valence-electron chi connectivity index (χ3n) is 4.88. The number of thiophene rings is 1. The highest BCUT2D eigenvalue weighted by Gasteiger charge is 2.28. The zero-order valence-corrected chi connectivity index (χ0v) is 15.5. The molecule has 1 amide bonds. The molecule has 2 nitrogen and oxygen atoms in total. The van der Waals surface area contributed by atoms with Crippen LogP contribution >= 0.6 is 11.3 Å². The van der Waals surface area contributed by atoms with Gasteiger partial charge in [0.1, 0.15) is 0 Å².